The standard InChI is InChI=1S/C11H19NO5S/c1-8(2)6-18(16,17)7-10(13)12-5-3-4-9(12)11(14)15/h8-9H,3-7H2,1-2H3,(H,14,15)/t9-/m0/s1. The van der Waals surface area contributed by atoms with Crippen LogP contribution in [0.25, 0.3) is 0 Å². The lowest BCUT2D eigenvalue weighted by Gasteiger charge is -2.21. The Morgan fingerprint density at radius 1 is 1.39 bits per heavy atom. The number of carbonyl (C=O) groups excluding carboxylic acids is 1. The number of hydrogen-bond donors (Lipinski definition) is 1. The smallest absolute Gasteiger partial charge is 0.326 e. The molecule has 0 aromatic heterocycles. The molecule has 6 nitrogen and oxygen atoms in total. The first-order valence-corrected chi connectivity index (χ1v) is 7.78. The molecular weight excluding hydrogens is 258 g/mol. The number of carboxylic acid groups (broad SMARTS) is 1. The van der Waals surface area contributed by atoms with Crippen molar-refractivity contribution in [1.82, 2.24) is 4.90 Å². The zero-order valence-corrected chi connectivity index (χ0v) is 11.4. The van der Waals surface area contributed by atoms with Crippen molar-refractivity contribution in [3.63, 3.8) is 0 Å². The van der Waals surface area contributed by atoms with E-state index in [1.165, 1.54) is 4.90 Å². The Bertz CT molecular complexity index is 429. The predicted octanol–water partition coefficient (Wildman–Crippen LogP) is 0.133. The maximum Gasteiger partial charge on any atom is 0.326 e. The molecule has 0 saturated carbocycles. The first-order chi connectivity index (χ1) is 8.23. The summed E-state index contributed by atoms with van der Waals surface area (Å²) in [5.41, 5.74) is 0. The maximum absolute atomic E-state index is 11.8. The van der Waals surface area contributed by atoms with E-state index in [1.807, 2.05) is 0 Å². The van der Waals surface area contributed by atoms with Crippen LogP contribution in [-0.2, 0) is 19.4 Å². The second kappa shape index (κ2) is 5.69. The minimum atomic E-state index is -3.45. The fourth-order valence-electron chi connectivity index (χ4n) is 2.16. The number of rotatable bonds is 5. The maximum atomic E-state index is 11.8. The second-order valence-corrected chi connectivity index (χ2v) is 7.14. The number of carbonyl (C=O) groups is 2. The SMILES string of the molecule is CC(C)CS(=O)(=O)CC(=O)N1CCC[C@H]1C(=O)O. The van der Waals surface area contributed by atoms with Crippen LogP contribution in [0.15, 0.2) is 0 Å². The van der Waals surface area contributed by atoms with Crippen molar-refractivity contribution in [2.75, 3.05) is 18.1 Å². The third-order valence-corrected chi connectivity index (χ3v) is 4.65. The van der Waals surface area contributed by atoms with Gasteiger partial charge >= 0.3 is 5.97 Å². The van der Waals surface area contributed by atoms with E-state index in [0.29, 0.717) is 19.4 Å². The summed E-state index contributed by atoms with van der Waals surface area (Å²) in [6.45, 7) is 3.85. The van der Waals surface area contributed by atoms with Crippen molar-refractivity contribution in [2.24, 2.45) is 5.92 Å². The molecule has 1 saturated heterocycles. The average molecular weight is 277 g/mol. The lowest BCUT2D eigenvalue weighted by molar-refractivity contribution is -0.147. The zero-order valence-electron chi connectivity index (χ0n) is 10.6. The van der Waals surface area contributed by atoms with Gasteiger partial charge in [0, 0.05) is 6.54 Å². The zero-order chi connectivity index (χ0) is 13.9. The van der Waals surface area contributed by atoms with Crippen LogP contribution in [0.2, 0.25) is 0 Å². The minimum Gasteiger partial charge on any atom is -0.480 e. The first kappa shape index (κ1) is 14.9. The summed E-state index contributed by atoms with van der Waals surface area (Å²) in [6.07, 6.45) is 0.998. The quantitative estimate of drug-likeness (QED) is 0.771. The van der Waals surface area contributed by atoms with Crippen LogP contribution in [-0.4, -0.2) is 54.4 Å². The van der Waals surface area contributed by atoms with Crippen LogP contribution in [0.1, 0.15) is 26.7 Å². The summed E-state index contributed by atoms with van der Waals surface area (Å²) in [7, 11) is -3.45. The highest BCUT2D eigenvalue weighted by molar-refractivity contribution is 7.92. The van der Waals surface area contributed by atoms with Crippen LogP contribution in [0.3, 0.4) is 0 Å². The molecule has 1 aliphatic rings. The van der Waals surface area contributed by atoms with Crippen molar-refractivity contribution < 1.29 is 23.1 Å². The van der Waals surface area contributed by atoms with Gasteiger partial charge in [-0.25, -0.2) is 13.2 Å². The Morgan fingerprint density at radius 2 is 2.00 bits per heavy atom. The van der Waals surface area contributed by atoms with E-state index in [9.17, 15) is 18.0 Å². The second-order valence-electron chi connectivity index (χ2n) is 5.03. The Kier molecular flexibility index (Phi) is 4.72. The van der Waals surface area contributed by atoms with Crippen LogP contribution in [0.5, 0.6) is 0 Å². The van der Waals surface area contributed by atoms with Crippen LogP contribution in [0, 0.1) is 5.92 Å². The van der Waals surface area contributed by atoms with Gasteiger partial charge in [-0.3, -0.25) is 4.79 Å². The molecule has 104 valence electrons. The lowest BCUT2D eigenvalue weighted by atomic mass is 10.2. The highest BCUT2D eigenvalue weighted by Gasteiger charge is 2.35. The molecule has 0 aromatic carbocycles. The largest absolute Gasteiger partial charge is 0.480 e. The average Bonchev–Trinajstić information content (AvgIpc) is 2.61. The molecule has 0 aromatic rings. The van der Waals surface area contributed by atoms with E-state index in [2.05, 4.69) is 0 Å². The van der Waals surface area contributed by atoms with Crippen molar-refractivity contribution in [3.8, 4) is 0 Å². The van der Waals surface area contributed by atoms with Gasteiger partial charge in [0.15, 0.2) is 9.84 Å². The number of aliphatic carboxylic acids is 1. The molecule has 0 spiro atoms. The Morgan fingerprint density at radius 3 is 2.50 bits per heavy atom. The lowest BCUT2D eigenvalue weighted by Crippen LogP contribution is -2.43. The summed E-state index contributed by atoms with van der Waals surface area (Å²) >= 11 is 0. The number of carboxylic acids is 1. The van der Waals surface area contributed by atoms with Crippen molar-refractivity contribution in [3.05, 3.63) is 0 Å². The molecule has 1 aliphatic heterocycles. The topological polar surface area (TPSA) is 91.8 Å². The van der Waals surface area contributed by atoms with Gasteiger partial charge in [0.25, 0.3) is 0 Å². The van der Waals surface area contributed by atoms with E-state index in [0.717, 1.165) is 0 Å². The number of amides is 1. The summed E-state index contributed by atoms with van der Waals surface area (Å²) in [5.74, 6) is -2.35. The van der Waals surface area contributed by atoms with E-state index >= 15 is 0 Å². The summed E-state index contributed by atoms with van der Waals surface area (Å²) in [4.78, 5) is 23.9. The molecule has 1 heterocycles. The van der Waals surface area contributed by atoms with Crippen LogP contribution >= 0.6 is 0 Å². The van der Waals surface area contributed by atoms with Crippen LogP contribution < -0.4 is 0 Å². The molecule has 1 atom stereocenters. The van der Waals surface area contributed by atoms with Crippen molar-refractivity contribution in [1.29, 1.82) is 0 Å². The molecule has 0 aliphatic carbocycles. The molecular formula is C11H19NO5S. The Hall–Kier alpha value is -1.11. The van der Waals surface area contributed by atoms with Gasteiger partial charge in [0.1, 0.15) is 11.8 Å². The molecule has 0 bridgehead atoms. The third kappa shape index (κ3) is 3.97. The Labute approximate surface area is 107 Å². The molecule has 18 heavy (non-hydrogen) atoms. The van der Waals surface area contributed by atoms with Crippen molar-refractivity contribution >= 4 is 21.7 Å². The molecule has 0 unspecified atom stereocenters. The highest BCUT2D eigenvalue weighted by Crippen LogP contribution is 2.18. The summed E-state index contributed by atoms with van der Waals surface area (Å²) in [5, 5.41) is 8.93. The summed E-state index contributed by atoms with van der Waals surface area (Å²) < 4.78 is 23.4. The van der Waals surface area contributed by atoms with Gasteiger partial charge in [0.05, 0.1) is 5.75 Å². The number of nitrogens with zero attached hydrogens (tertiary/aromatic N) is 1. The first-order valence-electron chi connectivity index (χ1n) is 5.95. The molecule has 1 fully saturated rings. The number of sulfone groups is 1. The fraction of sp³-hybridized carbons (Fsp3) is 0.818. The normalized spacial score (nSPS) is 20.4. The van der Waals surface area contributed by atoms with Gasteiger partial charge in [0.2, 0.25) is 5.91 Å². The fourth-order valence-corrected chi connectivity index (χ4v) is 3.84. The van der Waals surface area contributed by atoms with Gasteiger partial charge in [-0.15, -0.1) is 0 Å². The highest BCUT2D eigenvalue weighted by atomic mass is 32.2. The molecule has 1 rings (SSSR count). The van der Waals surface area contributed by atoms with E-state index in [1.54, 1.807) is 13.8 Å². The van der Waals surface area contributed by atoms with E-state index in [4.69, 9.17) is 5.11 Å². The van der Waals surface area contributed by atoms with Gasteiger partial charge in [-0.1, -0.05) is 13.8 Å². The van der Waals surface area contributed by atoms with E-state index in [-0.39, 0.29) is 11.7 Å². The monoisotopic (exact) mass is 277 g/mol. The molecule has 0 radical (unpaired) electrons. The number of hydrogen-bond acceptors (Lipinski definition) is 4. The number of likely N-dealkylation sites (tertiary alicyclic amines) is 1. The van der Waals surface area contributed by atoms with Gasteiger partial charge in [-0.05, 0) is 18.8 Å². The van der Waals surface area contributed by atoms with E-state index < -0.39 is 33.5 Å². The predicted molar refractivity (Wildman–Crippen MR) is 65.9 cm³/mol. The molecule has 1 N–H and O–H groups in total. The molecule has 1 amide bonds. The third-order valence-electron chi connectivity index (χ3n) is 2.79. The van der Waals surface area contributed by atoms with Gasteiger partial charge < -0.3 is 10.0 Å². The van der Waals surface area contributed by atoms with Crippen molar-refractivity contribution in [2.45, 2.75) is 32.7 Å². The Balaban J connectivity index is 2.68. The van der Waals surface area contributed by atoms with Crippen LogP contribution in [0.4, 0.5) is 0 Å². The van der Waals surface area contributed by atoms with Gasteiger partial charge in [-0.2, -0.15) is 0 Å². The minimum absolute atomic E-state index is 0.0448. The molecule has 7 heteroatoms. The summed E-state index contributed by atoms with van der Waals surface area (Å²) in [6, 6.07) is -0.869.